The van der Waals surface area contributed by atoms with Crippen molar-refractivity contribution in [3.63, 3.8) is 0 Å². The molecule has 6 heteroatoms. The second kappa shape index (κ2) is 8.05. The van der Waals surface area contributed by atoms with Crippen molar-refractivity contribution in [3.8, 4) is 0 Å². The Balaban J connectivity index is 2.22. The molecule has 2 rings (SSSR count). The molecule has 0 bridgehead atoms. The van der Waals surface area contributed by atoms with Crippen molar-refractivity contribution >= 4 is 33.7 Å². The van der Waals surface area contributed by atoms with Crippen LogP contribution in [0.4, 0.5) is 0 Å². The van der Waals surface area contributed by atoms with Crippen LogP contribution in [-0.2, 0) is 4.79 Å². The molecule has 1 heterocycles. The van der Waals surface area contributed by atoms with Crippen LogP contribution in [0.3, 0.4) is 0 Å². The molecule has 0 aliphatic carbocycles. The molecule has 5 nitrogen and oxygen atoms in total. The number of rotatable bonds is 5. The molecule has 0 saturated carbocycles. The number of hydrogen-bond donors (Lipinski definition) is 2. The maximum Gasteiger partial charge on any atom is 0.255 e. The van der Waals surface area contributed by atoms with Gasteiger partial charge >= 0.3 is 0 Å². The van der Waals surface area contributed by atoms with Gasteiger partial charge in [-0.2, -0.15) is 0 Å². The third kappa shape index (κ3) is 4.62. The summed E-state index contributed by atoms with van der Waals surface area (Å²) in [6, 6.07) is 10.4. The van der Waals surface area contributed by atoms with Gasteiger partial charge in [0.1, 0.15) is 0 Å². The molecular formula is C17H14BrN3O2. The molecule has 0 atom stereocenters. The van der Waals surface area contributed by atoms with Crippen molar-refractivity contribution in [2.75, 3.05) is 0 Å². The summed E-state index contributed by atoms with van der Waals surface area (Å²) >= 11 is 3.30. The highest BCUT2D eigenvalue weighted by Gasteiger charge is 2.09. The fraction of sp³-hybridized carbons (Fsp3) is 0. The lowest BCUT2D eigenvalue weighted by Gasteiger charge is -2.07. The van der Waals surface area contributed by atoms with Crippen LogP contribution < -0.4 is 11.1 Å². The van der Waals surface area contributed by atoms with Crippen molar-refractivity contribution in [2.45, 2.75) is 0 Å². The van der Waals surface area contributed by atoms with Gasteiger partial charge in [0.05, 0.1) is 5.70 Å². The van der Waals surface area contributed by atoms with Crippen molar-refractivity contribution in [1.29, 1.82) is 0 Å². The molecule has 3 N–H and O–H groups in total. The van der Waals surface area contributed by atoms with Gasteiger partial charge in [0.2, 0.25) is 0 Å². The molecule has 0 aliphatic rings. The third-order valence-electron chi connectivity index (χ3n) is 2.98. The number of carbonyl (C=O) groups excluding carboxylic acids is 2. The largest absolute Gasteiger partial charge is 0.404 e. The Kier molecular flexibility index (Phi) is 5.82. The second-order valence-corrected chi connectivity index (χ2v) is 5.46. The number of nitrogens with zero attached hydrogens (tertiary/aromatic N) is 1. The van der Waals surface area contributed by atoms with Crippen LogP contribution >= 0.6 is 15.9 Å². The van der Waals surface area contributed by atoms with Gasteiger partial charge < -0.3 is 11.1 Å². The third-order valence-corrected chi connectivity index (χ3v) is 3.47. The number of pyridine rings is 1. The van der Waals surface area contributed by atoms with E-state index in [1.165, 1.54) is 12.3 Å². The summed E-state index contributed by atoms with van der Waals surface area (Å²) in [4.78, 5) is 27.4. The van der Waals surface area contributed by atoms with Gasteiger partial charge in [-0.25, -0.2) is 0 Å². The standard InChI is InChI=1S/C17H14BrN3O2/c18-15-3-1-2-13(8-15)17(23)21-16(11-22)9-14(10-19)12-4-6-20-7-5-12/h1-11H,19H2,(H,21,23)/b14-10+,16-9+. The molecule has 0 radical (unpaired) electrons. The molecule has 1 aromatic carbocycles. The maximum atomic E-state index is 12.2. The lowest BCUT2D eigenvalue weighted by Crippen LogP contribution is -2.23. The second-order valence-electron chi connectivity index (χ2n) is 4.54. The molecule has 116 valence electrons. The predicted octanol–water partition coefficient (Wildman–Crippen LogP) is 2.66. The van der Waals surface area contributed by atoms with Crippen LogP contribution in [0.15, 0.2) is 71.2 Å². The molecule has 23 heavy (non-hydrogen) atoms. The Morgan fingerprint density at radius 2 is 1.91 bits per heavy atom. The van der Waals surface area contributed by atoms with E-state index in [0.717, 1.165) is 10.0 Å². The fourth-order valence-electron chi connectivity index (χ4n) is 1.87. The topological polar surface area (TPSA) is 85.1 Å². The lowest BCUT2D eigenvalue weighted by molar-refractivity contribution is -0.105. The Bertz CT molecular complexity index is 770. The van der Waals surface area contributed by atoms with Crippen LogP contribution in [0.2, 0.25) is 0 Å². The van der Waals surface area contributed by atoms with Crippen molar-refractivity contribution in [3.05, 3.63) is 82.4 Å². The summed E-state index contributed by atoms with van der Waals surface area (Å²) in [5, 5.41) is 2.57. The van der Waals surface area contributed by atoms with E-state index in [-0.39, 0.29) is 11.6 Å². The molecule has 1 amide bonds. The summed E-state index contributed by atoms with van der Waals surface area (Å²) in [5.74, 6) is -0.379. The van der Waals surface area contributed by atoms with E-state index in [1.54, 1.807) is 42.7 Å². The van der Waals surface area contributed by atoms with E-state index in [1.807, 2.05) is 6.07 Å². The lowest BCUT2D eigenvalue weighted by atomic mass is 10.1. The van der Waals surface area contributed by atoms with Crippen molar-refractivity contribution in [1.82, 2.24) is 10.3 Å². The van der Waals surface area contributed by atoms with Crippen molar-refractivity contribution < 1.29 is 9.59 Å². The number of carbonyl (C=O) groups is 2. The van der Waals surface area contributed by atoms with Gasteiger partial charge in [-0.3, -0.25) is 14.6 Å². The number of aromatic nitrogens is 1. The number of halogens is 1. The number of allylic oxidation sites excluding steroid dienone is 3. The van der Waals surface area contributed by atoms with E-state index < -0.39 is 0 Å². The molecular weight excluding hydrogens is 358 g/mol. The normalized spacial score (nSPS) is 11.9. The van der Waals surface area contributed by atoms with Crippen LogP contribution in [0.1, 0.15) is 15.9 Å². The first-order valence-corrected chi connectivity index (χ1v) is 7.49. The quantitative estimate of drug-likeness (QED) is 0.480. The van der Waals surface area contributed by atoms with Gasteiger partial charge in [0, 0.05) is 28.6 Å². The van der Waals surface area contributed by atoms with Gasteiger partial charge in [-0.05, 0) is 47.5 Å². The average Bonchev–Trinajstić information content (AvgIpc) is 2.59. The summed E-state index contributed by atoms with van der Waals surface area (Å²) in [6.45, 7) is 0. The molecule has 2 aromatic rings. The Morgan fingerprint density at radius 3 is 2.52 bits per heavy atom. The van der Waals surface area contributed by atoms with Crippen LogP contribution in [0.5, 0.6) is 0 Å². The minimum Gasteiger partial charge on any atom is -0.404 e. The van der Waals surface area contributed by atoms with E-state index >= 15 is 0 Å². The first-order chi connectivity index (χ1) is 11.1. The fourth-order valence-corrected chi connectivity index (χ4v) is 2.27. The number of nitrogens with two attached hydrogens (primary N) is 1. The number of aldehydes is 1. The highest BCUT2D eigenvalue weighted by Crippen LogP contribution is 2.15. The zero-order chi connectivity index (χ0) is 16.7. The van der Waals surface area contributed by atoms with E-state index in [4.69, 9.17) is 5.73 Å². The van der Waals surface area contributed by atoms with Gasteiger partial charge in [-0.1, -0.05) is 22.0 Å². The number of hydrogen-bond acceptors (Lipinski definition) is 4. The molecule has 0 fully saturated rings. The first kappa shape index (κ1) is 16.6. The molecule has 0 aliphatic heterocycles. The Hall–Kier alpha value is -2.73. The average molecular weight is 372 g/mol. The summed E-state index contributed by atoms with van der Waals surface area (Å²) < 4.78 is 0.779. The number of amides is 1. The zero-order valence-electron chi connectivity index (χ0n) is 12.1. The minimum atomic E-state index is -0.379. The maximum absolute atomic E-state index is 12.2. The summed E-state index contributed by atoms with van der Waals surface area (Å²) in [6.07, 6.45) is 6.68. The van der Waals surface area contributed by atoms with Crippen molar-refractivity contribution in [2.24, 2.45) is 5.73 Å². The van der Waals surface area contributed by atoms with Crippen LogP contribution in [0, 0.1) is 0 Å². The molecule has 0 spiro atoms. The predicted molar refractivity (Wildman–Crippen MR) is 92.2 cm³/mol. The highest BCUT2D eigenvalue weighted by atomic mass is 79.9. The summed E-state index contributed by atoms with van der Waals surface area (Å²) in [5.41, 5.74) is 7.55. The van der Waals surface area contributed by atoms with Gasteiger partial charge in [-0.15, -0.1) is 0 Å². The summed E-state index contributed by atoms with van der Waals surface area (Å²) in [7, 11) is 0. The minimum absolute atomic E-state index is 0.114. The molecule has 0 saturated heterocycles. The van der Waals surface area contributed by atoms with Gasteiger partial charge in [0.15, 0.2) is 6.29 Å². The van der Waals surface area contributed by atoms with Gasteiger partial charge in [0.25, 0.3) is 5.91 Å². The zero-order valence-corrected chi connectivity index (χ0v) is 13.7. The SMILES string of the molecule is N/C=C(\C=C(/C=O)NC(=O)c1cccc(Br)c1)c1ccncc1. The van der Waals surface area contributed by atoms with E-state index in [2.05, 4.69) is 26.2 Å². The van der Waals surface area contributed by atoms with E-state index in [0.29, 0.717) is 17.4 Å². The Labute approximate surface area is 142 Å². The van der Waals surface area contributed by atoms with Crippen LogP contribution in [0.25, 0.3) is 5.57 Å². The number of benzene rings is 1. The van der Waals surface area contributed by atoms with Crippen LogP contribution in [-0.4, -0.2) is 17.2 Å². The smallest absolute Gasteiger partial charge is 0.255 e. The Morgan fingerprint density at radius 1 is 1.17 bits per heavy atom. The number of nitrogens with one attached hydrogen (secondary N) is 1. The van der Waals surface area contributed by atoms with E-state index in [9.17, 15) is 9.59 Å². The molecule has 1 aromatic heterocycles. The monoisotopic (exact) mass is 371 g/mol. The molecule has 0 unspecified atom stereocenters. The first-order valence-electron chi connectivity index (χ1n) is 6.70. The highest BCUT2D eigenvalue weighted by molar-refractivity contribution is 9.10.